The van der Waals surface area contributed by atoms with Gasteiger partial charge in [0.05, 0.1) is 12.0 Å². The van der Waals surface area contributed by atoms with Gasteiger partial charge in [-0.1, -0.05) is 97.6 Å². The number of rotatable bonds is 7. The van der Waals surface area contributed by atoms with Crippen molar-refractivity contribution in [3.63, 3.8) is 0 Å². The minimum atomic E-state index is -1.37. The van der Waals surface area contributed by atoms with Gasteiger partial charge in [-0.3, -0.25) is 14.4 Å². The minimum absolute atomic E-state index is 0.212. The molecule has 206 valence electrons. The Kier molecular flexibility index (Phi) is 6.12. The van der Waals surface area contributed by atoms with E-state index < -0.39 is 23.4 Å². The van der Waals surface area contributed by atoms with Gasteiger partial charge in [-0.25, -0.2) is 0 Å². The molecule has 1 amide bonds. The third-order valence-corrected chi connectivity index (χ3v) is 8.67. The number of anilines is 1. The molecule has 6 nitrogen and oxygen atoms in total. The van der Waals surface area contributed by atoms with Gasteiger partial charge >= 0.3 is 0 Å². The first kappa shape index (κ1) is 25.7. The molecule has 0 aliphatic carbocycles. The molecule has 1 N–H and O–H groups in total. The van der Waals surface area contributed by atoms with Crippen LogP contribution >= 0.6 is 0 Å². The molecule has 4 atom stereocenters. The first-order valence-corrected chi connectivity index (χ1v) is 14.0. The van der Waals surface area contributed by atoms with Crippen LogP contribution in [0.15, 0.2) is 122 Å². The average Bonchev–Trinajstić information content (AvgIpc) is 3.52. The number of para-hydroxylation sites is 1. The lowest BCUT2D eigenvalue weighted by molar-refractivity contribution is -0.122. The van der Waals surface area contributed by atoms with Crippen molar-refractivity contribution in [3.05, 3.63) is 150 Å². The number of Topliss-reactive ketones (excluding diaryl/α,β-unsaturated/α-hetero) is 2. The summed E-state index contributed by atoms with van der Waals surface area (Å²) in [4.78, 5) is 45.9. The summed E-state index contributed by atoms with van der Waals surface area (Å²) in [6.45, 7) is 3.99. The number of nitrogens with zero attached hydrogens (tertiary/aromatic N) is 1. The van der Waals surface area contributed by atoms with Crippen molar-refractivity contribution in [1.29, 1.82) is 0 Å². The molecule has 4 aromatic carbocycles. The molecule has 3 heterocycles. The van der Waals surface area contributed by atoms with E-state index in [0.29, 0.717) is 22.6 Å². The Bertz CT molecular complexity index is 1780. The zero-order valence-corrected chi connectivity index (χ0v) is 22.8. The molecule has 1 spiro atoms. The smallest absolute Gasteiger partial charge is 0.238 e. The maximum atomic E-state index is 14.9. The molecule has 1 fully saturated rings. The summed E-state index contributed by atoms with van der Waals surface area (Å²) >= 11 is 0. The van der Waals surface area contributed by atoms with E-state index in [0.717, 1.165) is 16.7 Å². The summed E-state index contributed by atoms with van der Waals surface area (Å²) in [5, 5.41) is 3.08. The van der Waals surface area contributed by atoms with Gasteiger partial charge in [0, 0.05) is 23.0 Å². The maximum absolute atomic E-state index is 14.9. The molecule has 0 unspecified atom stereocenters. The van der Waals surface area contributed by atoms with Gasteiger partial charge in [0.25, 0.3) is 0 Å². The zero-order valence-electron chi connectivity index (χ0n) is 22.8. The van der Waals surface area contributed by atoms with Crippen LogP contribution in [0.5, 0.6) is 5.75 Å². The van der Waals surface area contributed by atoms with E-state index in [2.05, 4.69) is 11.9 Å². The van der Waals surface area contributed by atoms with Crippen molar-refractivity contribution in [1.82, 2.24) is 4.90 Å². The number of ketones is 2. The largest absolute Gasteiger partial charge is 0.490 e. The summed E-state index contributed by atoms with van der Waals surface area (Å²) in [7, 11) is 0. The maximum Gasteiger partial charge on any atom is 0.238 e. The molecule has 0 aromatic heterocycles. The van der Waals surface area contributed by atoms with E-state index in [-0.39, 0.29) is 24.1 Å². The fourth-order valence-electron chi connectivity index (χ4n) is 7.01. The fraction of sp³-hybridized carbons (Fsp3) is 0.139. The number of ether oxygens (including phenoxy) is 1. The fourth-order valence-corrected chi connectivity index (χ4v) is 7.01. The van der Waals surface area contributed by atoms with Crippen molar-refractivity contribution in [2.45, 2.75) is 17.5 Å². The van der Waals surface area contributed by atoms with Crippen LogP contribution in [0.4, 0.5) is 5.69 Å². The Hall–Kier alpha value is -5.23. The third kappa shape index (κ3) is 3.68. The van der Waals surface area contributed by atoms with Crippen LogP contribution in [0.25, 0.3) is 6.08 Å². The number of nitrogens with one attached hydrogen (secondary N) is 1. The number of hydrogen-bond donors (Lipinski definition) is 1. The summed E-state index contributed by atoms with van der Waals surface area (Å²) < 4.78 is 5.75. The molecule has 3 aliphatic rings. The van der Waals surface area contributed by atoms with E-state index in [4.69, 9.17) is 4.74 Å². The molecule has 1 saturated heterocycles. The van der Waals surface area contributed by atoms with Crippen molar-refractivity contribution in [3.8, 4) is 5.75 Å². The van der Waals surface area contributed by atoms with Crippen molar-refractivity contribution >= 4 is 29.2 Å². The molecule has 3 aliphatic heterocycles. The van der Waals surface area contributed by atoms with E-state index in [1.165, 1.54) is 0 Å². The van der Waals surface area contributed by atoms with Gasteiger partial charge in [-0.2, -0.15) is 0 Å². The quantitative estimate of drug-likeness (QED) is 0.217. The van der Waals surface area contributed by atoms with Gasteiger partial charge in [0.2, 0.25) is 5.91 Å². The number of benzene rings is 4. The molecule has 4 aromatic rings. The highest BCUT2D eigenvalue weighted by Gasteiger charge is 2.70. The van der Waals surface area contributed by atoms with Crippen LogP contribution in [0.3, 0.4) is 0 Å². The second-order valence-corrected chi connectivity index (χ2v) is 10.8. The lowest BCUT2D eigenvalue weighted by atomic mass is 9.62. The normalized spacial score (nSPS) is 23.1. The van der Waals surface area contributed by atoms with Crippen LogP contribution in [0.2, 0.25) is 0 Å². The Morgan fingerprint density at radius 2 is 1.62 bits per heavy atom. The van der Waals surface area contributed by atoms with Gasteiger partial charge in [-0.05, 0) is 41.0 Å². The summed E-state index contributed by atoms with van der Waals surface area (Å²) in [6, 6.07) is 29.8. The van der Waals surface area contributed by atoms with Gasteiger partial charge in [0.1, 0.15) is 23.8 Å². The Labute approximate surface area is 243 Å². The van der Waals surface area contributed by atoms with E-state index in [1.807, 2.05) is 83.9 Å². The first-order valence-electron chi connectivity index (χ1n) is 14.0. The summed E-state index contributed by atoms with van der Waals surface area (Å²) in [5.41, 5.74) is 2.71. The predicted octanol–water partition coefficient (Wildman–Crippen LogP) is 6.23. The van der Waals surface area contributed by atoms with Crippen molar-refractivity contribution in [2.75, 3.05) is 11.9 Å². The molecular weight excluding hydrogens is 524 g/mol. The average molecular weight is 553 g/mol. The van der Waals surface area contributed by atoms with E-state index in [1.54, 1.807) is 42.5 Å². The highest BCUT2D eigenvalue weighted by molar-refractivity contribution is 6.16. The van der Waals surface area contributed by atoms with Gasteiger partial charge < -0.3 is 15.0 Å². The second-order valence-electron chi connectivity index (χ2n) is 10.8. The predicted molar refractivity (Wildman–Crippen MR) is 161 cm³/mol. The standard InChI is InChI=1S/C36H28N2O4/c1-2-21-42-26-15-10-14-25(22-26)32(39)30-31(33(40)24-12-4-3-5-13-24)38-20-19-23-11-6-7-16-27(23)34(38)36(30)28-17-8-9-18-29(28)37-35(36)41/h2-20,22,30-31,34H,1,21H2,(H,37,41)/t30-,31+,34-,36+/m0/s1. The summed E-state index contributed by atoms with van der Waals surface area (Å²) in [5.74, 6) is -1.32. The lowest BCUT2D eigenvalue weighted by Crippen LogP contribution is -2.49. The topological polar surface area (TPSA) is 75.7 Å². The van der Waals surface area contributed by atoms with E-state index in [9.17, 15) is 14.4 Å². The lowest BCUT2D eigenvalue weighted by Gasteiger charge is -2.38. The molecule has 6 heteroatoms. The SMILES string of the molecule is C=CCOc1cccc(C(=O)[C@@H]2[C@H](C(=O)c3ccccc3)N3C=Cc4ccccc4[C@H]3[C@]23C(=O)Nc2ccccc23)c1. The Balaban J connectivity index is 1.50. The van der Waals surface area contributed by atoms with Crippen molar-refractivity contribution in [2.24, 2.45) is 5.92 Å². The molecule has 0 bridgehead atoms. The van der Waals surface area contributed by atoms with Crippen molar-refractivity contribution < 1.29 is 19.1 Å². The summed E-state index contributed by atoms with van der Waals surface area (Å²) in [6.07, 6.45) is 5.47. The van der Waals surface area contributed by atoms with Crippen LogP contribution in [0, 0.1) is 5.92 Å². The number of fused-ring (bicyclic) bond motifs is 6. The number of carbonyl (C=O) groups excluding carboxylic acids is 3. The molecular formula is C36H28N2O4. The highest BCUT2D eigenvalue weighted by Crippen LogP contribution is 2.62. The number of carbonyl (C=O) groups is 3. The van der Waals surface area contributed by atoms with Crippen LogP contribution < -0.4 is 10.1 Å². The molecule has 7 rings (SSSR count). The molecule has 0 radical (unpaired) electrons. The highest BCUT2D eigenvalue weighted by atomic mass is 16.5. The van der Waals surface area contributed by atoms with Crippen LogP contribution in [0.1, 0.15) is 43.4 Å². The monoisotopic (exact) mass is 552 g/mol. The van der Waals surface area contributed by atoms with E-state index >= 15 is 0 Å². The third-order valence-electron chi connectivity index (χ3n) is 8.67. The van der Waals surface area contributed by atoms with Crippen LogP contribution in [-0.2, 0) is 10.2 Å². The second kappa shape index (κ2) is 10.00. The Morgan fingerprint density at radius 3 is 2.45 bits per heavy atom. The van der Waals surface area contributed by atoms with Gasteiger partial charge in [0.15, 0.2) is 11.6 Å². The minimum Gasteiger partial charge on any atom is -0.490 e. The number of amides is 1. The first-order chi connectivity index (χ1) is 20.6. The Morgan fingerprint density at radius 1 is 0.881 bits per heavy atom. The van der Waals surface area contributed by atoms with Crippen LogP contribution in [-0.4, -0.2) is 35.0 Å². The molecule has 42 heavy (non-hydrogen) atoms. The van der Waals surface area contributed by atoms with Gasteiger partial charge in [-0.15, -0.1) is 0 Å². The molecule has 0 saturated carbocycles. The zero-order chi connectivity index (χ0) is 28.8. The number of hydrogen-bond acceptors (Lipinski definition) is 5.